The van der Waals surface area contributed by atoms with Crippen molar-refractivity contribution in [1.82, 2.24) is 16.0 Å². The quantitative estimate of drug-likeness (QED) is 0.316. The summed E-state index contributed by atoms with van der Waals surface area (Å²) < 4.78 is 4.58. The summed E-state index contributed by atoms with van der Waals surface area (Å²) in [7, 11) is 1.44. The lowest BCUT2D eigenvalue weighted by Gasteiger charge is -2.05. The second-order valence-corrected chi connectivity index (χ2v) is 2.31. The zero-order chi connectivity index (χ0) is 10.8. The molecule has 0 bridgehead atoms. The number of nitrogens with one attached hydrogen (secondary N) is 3. The summed E-state index contributed by atoms with van der Waals surface area (Å²) in [6.45, 7) is -0.176. The van der Waals surface area contributed by atoms with Crippen LogP contribution in [0.1, 0.15) is 0 Å². The molecule has 0 radical (unpaired) electrons. The van der Waals surface area contributed by atoms with Crippen molar-refractivity contribution in [2.75, 3.05) is 26.9 Å². The van der Waals surface area contributed by atoms with Crippen LogP contribution in [0.15, 0.2) is 0 Å². The molecule has 7 nitrogen and oxygen atoms in total. The van der Waals surface area contributed by atoms with E-state index < -0.39 is 5.91 Å². The van der Waals surface area contributed by atoms with Crippen molar-refractivity contribution >= 4 is 18.2 Å². The van der Waals surface area contributed by atoms with Gasteiger partial charge in [-0.1, -0.05) is 0 Å². The summed E-state index contributed by atoms with van der Waals surface area (Å²) in [5, 5.41) is 6.84. The monoisotopic (exact) mass is 203 g/mol. The SMILES string of the molecule is COCNC(=O)CNC(=O)CNC=O. The smallest absolute Gasteiger partial charge is 0.241 e. The molecule has 3 amide bonds. The molecular formula is C7H13N3O4. The number of carbonyl (C=O) groups excluding carboxylic acids is 3. The Labute approximate surface area is 81.2 Å². The summed E-state index contributed by atoms with van der Waals surface area (Å²) in [6.07, 6.45) is 0.407. The van der Waals surface area contributed by atoms with E-state index in [1.807, 2.05) is 0 Å². The van der Waals surface area contributed by atoms with Crippen LogP contribution in [0.25, 0.3) is 0 Å². The number of rotatable bonds is 7. The predicted octanol–water partition coefficient (Wildman–Crippen LogP) is -2.43. The molecule has 14 heavy (non-hydrogen) atoms. The fraction of sp³-hybridized carbons (Fsp3) is 0.571. The first-order chi connectivity index (χ1) is 6.70. The summed E-state index contributed by atoms with van der Waals surface area (Å²) >= 11 is 0. The Kier molecular flexibility index (Phi) is 7.06. The molecule has 0 heterocycles. The molecular weight excluding hydrogens is 190 g/mol. The average Bonchev–Trinajstić information content (AvgIpc) is 2.20. The Morgan fingerprint density at radius 3 is 2.43 bits per heavy atom. The molecule has 0 unspecified atom stereocenters. The van der Waals surface area contributed by atoms with Gasteiger partial charge in [0.15, 0.2) is 0 Å². The van der Waals surface area contributed by atoms with Crippen molar-refractivity contribution in [2.24, 2.45) is 0 Å². The molecule has 3 N–H and O–H groups in total. The zero-order valence-electron chi connectivity index (χ0n) is 7.83. The fourth-order valence-electron chi connectivity index (χ4n) is 0.591. The lowest BCUT2D eigenvalue weighted by molar-refractivity contribution is -0.126. The van der Waals surface area contributed by atoms with E-state index in [2.05, 4.69) is 20.7 Å². The van der Waals surface area contributed by atoms with Gasteiger partial charge in [0.05, 0.1) is 13.1 Å². The van der Waals surface area contributed by atoms with Crippen LogP contribution >= 0.6 is 0 Å². The first-order valence-electron chi connectivity index (χ1n) is 3.90. The molecule has 80 valence electrons. The highest BCUT2D eigenvalue weighted by atomic mass is 16.5. The van der Waals surface area contributed by atoms with Crippen molar-refractivity contribution in [3.63, 3.8) is 0 Å². The lowest BCUT2D eigenvalue weighted by atomic mass is 10.5. The van der Waals surface area contributed by atoms with E-state index in [9.17, 15) is 14.4 Å². The lowest BCUT2D eigenvalue weighted by Crippen LogP contribution is -2.40. The van der Waals surface area contributed by atoms with Crippen molar-refractivity contribution in [1.29, 1.82) is 0 Å². The number of methoxy groups -OCH3 is 1. The highest BCUT2D eigenvalue weighted by molar-refractivity contribution is 5.86. The van der Waals surface area contributed by atoms with Gasteiger partial charge in [0.25, 0.3) is 0 Å². The van der Waals surface area contributed by atoms with Crippen molar-refractivity contribution in [3.8, 4) is 0 Å². The van der Waals surface area contributed by atoms with Crippen LogP contribution in [-0.2, 0) is 19.1 Å². The second-order valence-electron chi connectivity index (χ2n) is 2.31. The zero-order valence-corrected chi connectivity index (χ0v) is 7.83. The van der Waals surface area contributed by atoms with Crippen LogP contribution in [-0.4, -0.2) is 45.2 Å². The Hall–Kier alpha value is -1.63. The van der Waals surface area contributed by atoms with Gasteiger partial charge in [-0.15, -0.1) is 0 Å². The Bertz CT molecular complexity index is 207. The minimum Gasteiger partial charge on any atom is -0.364 e. The van der Waals surface area contributed by atoms with E-state index in [1.165, 1.54) is 7.11 Å². The van der Waals surface area contributed by atoms with Crippen molar-refractivity contribution in [3.05, 3.63) is 0 Å². The van der Waals surface area contributed by atoms with Gasteiger partial charge in [0.1, 0.15) is 6.73 Å². The standard InChI is InChI=1S/C7H13N3O4/c1-14-5-10-7(13)3-9-6(12)2-8-4-11/h4H,2-3,5H2,1H3,(H,8,11)(H,9,12)(H,10,13). The maximum atomic E-state index is 10.9. The van der Waals surface area contributed by atoms with Crippen LogP contribution in [0, 0.1) is 0 Å². The number of carbonyl (C=O) groups is 3. The minimum absolute atomic E-state index is 0.0985. The Balaban J connectivity index is 3.45. The van der Waals surface area contributed by atoms with Crippen LogP contribution in [0.2, 0.25) is 0 Å². The molecule has 0 spiro atoms. The maximum absolute atomic E-state index is 10.9. The third-order valence-corrected chi connectivity index (χ3v) is 1.21. The molecule has 0 saturated carbocycles. The van der Waals surface area contributed by atoms with Gasteiger partial charge in [-0.25, -0.2) is 0 Å². The highest BCUT2D eigenvalue weighted by Crippen LogP contribution is 1.67. The van der Waals surface area contributed by atoms with Gasteiger partial charge in [0, 0.05) is 7.11 Å². The molecule has 0 aromatic rings. The van der Waals surface area contributed by atoms with Crippen LogP contribution in [0.4, 0.5) is 0 Å². The summed E-state index contributed by atoms with van der Waals surface area (Å²) in [5.74, 6) is -0.782. The molecule has 0 fully saturated rings. The summed E-state index contributed by atoms with van der Waals surface area (Å²) in [4.78, 5) is 31.5. The van der Waals surface area contributed by atoms with E-state index in [0.717, 1.165) is 0 Å². The van der Waals surface area contributed by atoms with E-state index >= 15 is 0 Å². The predicted molar refractivity (Wildman–Crippen MR) is 47.1 cm³/mol. The van der Waals surface area contributed by atoms with E-state index in [1.54, 1.807) is 0 Å². The molecule has 0 rings (SSSR count). The minimum atomic E-state index is -0.426. The van der Waals surface area contributed by atoms with Gasteiger partial charge in [-0.05, 0) is 0 Å². The van der Waals surface area contributed by atoms with Crippen LogP contribution in [0.3, 0.4) is 0 Å². The molecule has 0 aliphatic rings. The van der Waals surface area contributed by atoms with Gasteiger partial charge < -0.3 is 20.7 Å². The van der Waals surface area contributed by atoms with Crippen molar-refractivity contribution in [2.45, 2.75) is 0 Å². The number of hydrogen-bond acceptors (Lipinski definition) is 4. The summed E-state index contributed by atoms with van der Waals surface area (Å²) in [5.41, 5.74) is 0. The van der Waals surface area contributed by atoms with Crippen LogP contribution < -0.4 is 16.0 Å². The number of amides is 3. The van der Waals surface area contributed by atoms with Gasteiger partial charge in [-0.2, -0.15) is 0 Å². The Morgan fingerprint density at radius 2 is 1.86 bits per heavy atom. The number of ether oxygens (including phenoxy) is 1. The molecule has 0 aliphatic carbocycles. The average molecular weight is 203 g/mol. The van der Waals surface area contributed by atoms with Gasteiger partial charge >= 0.3 is 0 Å². The number of hydrogen-bond donors (Lipinski definition) is 3. The second kappa shape index (κ2) is 7.99. The Morgan fingerprint density at radius 1 is 1.21 bits per heavy atom. The molecule has 0 aromatic heterocycles. The normalized spacial score (nSPS) is 8.93. The van der Waals surface area contributed by atoms with Crippen LogP contribution in [0.5, 0.6) is 0 Å². The molecule has 7 heteroatoms. The highest BCUT2D eigenvalue weighted by Gasteiger charge is 2.03. The van der Waals surface area contributed by atoms with Gasteiger partial charge in [-0.3, -0.25) is 14.4 Å². The summed E-state index contributed by atoms with van der Waals surface area (Å²) in [6, 6.07) is 0. The third kappa shape index (κ3) is 7.04. The molecule has 0 atom stereocenters. The molecule has 0 saturated heterocycles. The topological polar surface area (TPSA) is 96.5 Å². The first kappa shape index (κ1) is 12.4. The largest absolute Gasteiger partial charge is 0.364 e. The van der Waals surface area contributed by atoms with E-state index in [-0.39, 0.29) is 25.7 Å². The maximum Gasteiger partial charge on any atom is 0.241 e. The molecule has 0 aliphatic heterocycles. The van der Waals surface area contributed by atoms with Crippen molar-refractivity contribution < 1.29 is 19.1 Å². The molecule has 0 aromatic carbocycles. The van der Waals surface area contributed by atoms with E-state index in [4.69, 9.17) is 0 Å². The van der Waals surface area contributed by atoms with E-state index in [0.29, 0.717) is 6.41 Å². The van der Waals surface area contributed by atoms with Gasteiger partial charge in [0.2, 0.25) is 18.2 Å². The first-order valence-corrected chi connectivity index (χ1v) is 3.90. The fourth-order valence-corrected chi connectivity index (χ4v) is 0.591. The third-order valence-electron chi connectivity index (χ3n) is 1.21.